The first-order chi connectivity index (χ1) is 12.0. The van der Waals surface area contributed by atoms with E-state index in [4.69, 9.17) is 9.40 Å². The minimum absolute atomic E-state index is 0.0915. The Labute approximate surface area is 148 Å². The Morgan fingerprint density at radius 3 is 2.72 bits per heavy atom. The number of hydrogen-bond acceptors (Lipinski definition) is 5. The summed E-state index contributed by atoms with van der Waals surface area (Å²) in [6.45, 7) is 4.65. The Morgan fingerprint density at radius 2 is 2.08 bits per heavy atom. The first-order valence-corrected chi connectivity index (χ1v) is 8.67. The van der Waals surface area contributed by atoms with Crippen LogP contribution in [-0.2, 0) is 19.4 Å². The average Bonchev–Trinajstić information content (AvgIpc) is 2.90. The van der Waals surface area contributed by atoms with Gasteiger partial charge in [-0.1, -0.05) is 0 Å². The fraction of sp³-hybridized carbons (Fsp3) is 0.474. The highest BCUT2D eigenvalue weighted by Crippen LogP contribution is 2.24. The van der Waals surface area contributed by atoms with Crippen molar-refractivity contribution in [1.29, 1.82) is 0 Å². The van der Waals surface area contributed by atoms with E-state index in [1.807, 2.05) is 44.1 Å². The van der Waals surface area contributed by atoms with E-state index in [2.05, 4.69) is 10.2 Å². The van der Waals surface area contributed by atoms with E-state index < -0.39 is 0 Å². The van der Waals surface area contributed by atoms with Crippen LogP contribution in [-0.4, -0.2) is 50.0 Å². The normalized spacial score (nSPS) is 14.7. The van der Waals surface area contributed by atoms with Crippen molar-refractivity contribution in [2.24, 2.45) is 0 Å². The van der Waals surface area contributed by atoms with Crippen LogP contribution in [0.25, 0.3) is 0 Å². The lowest BCUT2D eigenvalue weighted by molar-refractivity contribution is 0.0963. The van der Waals surface area contributed by atoms with Crippen molar-refractivity contribution in [1.82, 2.24) is 15.2 Å². The van der Waals surface area contributed by atoms with Crippen LogP contribution in [0.5, 0.6) is 0 Å². The number of hydrogen-bond donors (Lipinski definition) is 1. The summed E-state index contributed by atoms with van der Waals surface area (Å²) in [6, 6.07) is 6.05. The largest absolute Gasteiger partial charge is 0.465 e. The number of nitrogens with one attached hydrogen (secondary N) is 1. The molecule has 1 amide bonds. The Kier molecular flexibility index (Phi) is 5.08. The van der Waals surface area contributed by atoms with Crippen LogP contribution in [0.3, 0.4) is 0 Å². The van der Waals surface area contributed by atoms with Crippen LogP contribution >= 0.6 is 0 Å². The van der Waals surface area contributed by atoms with Crippen molar-refractivity contribution in [2.75, 3.05) is 39.1 Å². The smallest absolute Gasteiger partial charge is 0.254 e. The summed E-state index contributed by atoms with van der Waals surface area (Å²) in [5.74, 6) is 2.58. The lowest BCUT2D eigenvalue weighted by Gasteiger charge is -2.18. The maximum absolute atomic E-state index is 12.2. The van der Waals surface area contributed by atoms with Crippen LogP contribution in [0.4, 0.5) is 5.82 Å². The molecule has 25 heavy (non-hydrogen) atoms. The molecule has 2 aromatic rings. The van der Waals surface area contributed by atoms with E-state index in [9.17, 15) is 4.79 Å². The molecule has 0 bridgehead atoms. The second-order valence-electron chi connectivity index (χ2n) is 6.73. The van der Waals surface area contributed by atoms with Crippen LogP contribution in [0.2, 0.25) is 0 Å². The topological polar surface area (TPSA) is 61.6 Å². The number of rotatable bonds is 4. The highest BCUT2D eigenvalue weighted by atomic mass is 16.3. The molecule has 1 aliphatic heterocycles. The van der Waals surface area contributed by atoms with Crippen LogP contribution < -0.4 is 10.2 Å². The fourth-order valence-electron chi connectivity index (χ4n) is 3.26. The van der Waals surface area contributed by atoms with Gasteiger partial charge < -0.3 is 14.6 Å². The Hall–Kier alpha value is -2.34. The fourth-order valence-corrected chi connectivity index (χ4v) is 3.26. The third kappa shape index (κ3) is 3.85. The SMILES string of the molecule is CNC(=O)c1cc2c(nc1N(C)C)CCN(Cc1ccc(C)o1)CC2. The molecule has 6 heteroatoms. The predicted molar refractivity (Wildman–Crippen MR) is 98.1 cm³/mol. The van der Waals surface area contributed by atoms with Crippen molar-refractivity contribution in [2.45, 2.75) is 26.3 Å². The van der Waals surface area contributed by atoms with Gasteiger partial charge in [0, 0.05) is 46.3 Å². The number of carbonyl (C=O) groups excluding carboxylic acids is 1. The van der Waals surface area contributed by atoms with Gasteiger partial charge in [-0.2, -0.15) is 0 Å². The zero-order chi connectivity index (χ0) is 18.0. The van der Waals surface area contributed by atoms with Gasteiger partial charge >= 0.3 is 0 Å². The summed E-state index contributed by atoms with van der Waals surface area (Å²) in [4.78, 5) is 21.3. The molecule has 3 heterocycles. The van der Waals surface area contributed by atoms with Crippen molar-refractivity contribution in [3.63, 3.8) is 0 Å². The Balaban J connectivity index is 1.82. The third-order valence-electron chi connectivity index (χ3n) is 4.60. The Bertz CT molecular complexity index is 767. The number of pyridine rings is 1. The molecule has 0 saturated heterocycles. The van der Waals surface area contributed by atoms with E-state index in [1.165, 1.54) is 5.56 Å². The minimum atomic E-state index is -0.0915. The minimum Gasteiger partial charge on any atom is -0.465 e. The summed E-state index contributed by atoms with van der Waals surface area (Å²) < 4.78 is 5.70. The van der Waals surface area contributed by atoms with E-state index >= 15 is 0 Å². The molecule has 0 radical (unpaired) electrons. The van der Waals surface area contributed by atoms with E-state index in [1.54, 1.807) is 7.05 Å². The summed E-state index contributed by atoms with van der Waals surface area (Å²) in [7, 11) is 5.49. The number of aryl methyl sites for hydroxylation is 1. The van der Waals surface area contributed by atoms with Crippen LogP contribution in [0, 0.1) is 6.92 Å². The lowest BCUT2D eigenvalue weighted by Crippen LogP contribution is -2.25. The molecule has 0 fully saturated rings. The summed E-state index contributed by atoms with van der Waals surface area (Å²) in [5, 5.41) is 2.71. The molecule has 1 N–H and O–H groups in total. The van der Waals surface area contributed by atoms with Gasteiger partial charge in [0.2, 0.25) is 0 Å². The highest BCUT2D eigenvalue weighted by Gasteiger charge is 2.21. The molecule has 0 saturated carbocycles. The van der Waals surface area contributed by atoms with Gasteiger partial charge in [0.15, 0.2) is 0 Å². The molecule has 2 aromatic heterocycles. The van der Waals surface area contributed by atoms with Gasteiger partial charge in [-0.05, 0) is 37.1 Å². The summed E-state index contributed by atoms with van der Waals surface area (Å²) in [5.41, 5.74) is 2.90. The molecule has 6 nitrogen and oxygen atoms in total. The molecular formula is C19H26N4O2. The predicted octanol–water partition coefficient (Wildman–Crippen LogP) is 2.01. The number of aromatic nitrogens is 1. The number of carbonyl (C=O) groups is 1. The molecule has 0 aliphatic carbocycles. The Morgan fingerprint density at radius 1 is 1.32 bits per heavy atom. The van der Waals surface area contributed by atoms with E-state index in [0.29, 0.717) is 5.56 Å². The molecule has 0 atom stereocenters. The number of amides is 1. The van der Waals surface area contributed by atoms with Crippen molar-refractivity contribution >= 4 is 11.7 Å². The monoisotopic (exact) mass is 342 g/mol. The third-order valence-corrected chi connectivity index (χ3v) is 4.60. The van der Waals surface area contributed by atoms with Gasteiger partial charge in [-0.3, -0.25) is 9.69 Å². The quantitative estimate of drug-likeness (QED) is 0.921. The first kappa shape index (κ1) is 17.5. The first-order valence-electron chi connectivity index (χ1n) is 8.67. The lowest BCUT2D eigenvalue weighted by atomic mass is 10.0. The standard InChI is InChI=1S/C19H26N4O2/c1-13-5-6-15(25-13)12-23-9-7-14-11-16(19(24)20-2)18(22(3)4)21-17(14)8-10-23/h5-6,11H,7-10,12H2,1-4H3,(H,20,24). The van der Waals surface area contributed by atoms with Crippen LogP contribution in [0.1, 0.15) is 33.1 Å². The molecular weight excluding hydrogens is 316 g/mol. The second kappa shape index (κ2) is 7.27. The molecule has 134 valence electrons. The van der Waals surface area contributed by atoms with Gasteiger partial charge in [-0.25, -0.2) is 4.98 Å². The number of anilines is 1. The molecule has 0 spiro atoms. The van der Waals surface area contributed by atoms with Gasteiger partial charge in [-0.15, -0.1) is 0 Å². The summed E-state index contributed by atoms with van der Waals surface area (Å²) in [6.07, 6.45) is 1.77. The van der Waals surface area contributed by atoms with Crippen molar-refractivity contribution in [3.8, 4) is 0 Å². The van der Waals surface area contributed by atoms with Gasteiger partial charge in [0.1, 0.15) is 17.3 Å². The maximum atomic E-state index is 12.2. The van der Waals surface area contributed by atoms with E-state index in [0.717, 1.165) is 55.5 Å². The summed E-state index contributed by atoms with van der Waals surface area (Å²) >= 11 is 0. The maximum Gasteiger partial charge on any atom is 0.254 e. The molecule has 3 rings (SSSR count). The average molecular weight is 342 g/mol. The van der Waals surface area contributed by atoms with E-state index in [-0.39, 0.29) is 5.91 Å². The number of fused-ring (bicyclic) bond motifs is 1. The number of nitrogens with zero attached hydrogens (tertiary/aromatic N) is 3. The van der Waals surface area contributed by atoms with Gasteiger partial charge in [0.05, 0.1) is 12.1 Å². The highest BCUT2D eigenvalue weighted by molar-refractivity contribution is 5.99. The van der Waals surface area contributed by atoms with Gasteiger partial charge in [0.25, 0.3) is 5.91 Å². The van der Waals surface area contributed by atoms with Crippen molar-refractivity contribution < 1.29 is 9.21 Å². The zero-order valence-corrected chi connectivity index (χ0v) is 15.4. The number of furan rings is 1. The second-order valence-corrected chi connectivity index (χ2v) is 6.73. The molecule has 1 aliphatic rings. The molecule has 0 aromatic carbocycles. The zero-order valence-electron chi connectivity index (χ0n) is 15.4. The van der Waals surface area contributed by atoms with Crippen LogP contribution in [0.15, 0.2) is 22.6 Å². The molecule has 0 unspecified atom stereocenters. The van der Waals surface area contributed by atoms with Crippen molar-refractivity contribution in [3.05, 3.63) is 46.5 Å².